The van der Waals surface area contributed by atoms with Crippen LogP contribution in [-0.2, 0) is 4.74 Å². The van der Waals surface area contributed by atoms with Gasteiger partial charge in [-0.1, -0.05) is 5.92 Å². The summed E-state index contributed by atoms with van der Waals surface area (Å²) in [6.07, 6.45) is 6.71. The van der Waals surface area contributed by atoms with Crippen LogP contribution in [-0.4, -0.2) is 29.7 Å². The molecule has 0 bridgehead atoms. The lowest BCUT2D eigenvalue weighted by Gasteiger charge is -2.21. The zero-order chi connectivity index (χ0) is 11.2. The van der Waals surface area contributed by atoms with E-state index in [0.29, 0.717) is 5.75 Å². The fraction of sp³-hybridized carbons (Fsp3) is 0.700. The van der Waals surface area contributed by atoms with E-state index < -0.39 is 11.7 Å². The third-order valence-corrected chi connectivity index (χ3v) is 1.89. The van der Waals surface area contributed by atoms with Crippen molar-refractivity contribution in [2.45, 2.75) is 32.4 Å². The van der Waals surface area contributed by atoms with Crippen molar-refractivity contribution in [1.82, 2.24) is 5.32 Å². The Kier molecular flexibility index (Phi) is 5.47. The van der Waals surface area contributed by atoms with Gasteiger partial charge in [-0.15, -0.1) is 6.42 Å². The number of hydrogen-bond donors (Lipinski definition) is 1. The Morgan fingerprint density at radius 2 is 2.21 bits per heavy atom. The van der Waals surface area contributed by atoms with E-state index in [1.54, 1.807) is 11.8 Å². The van der Waals surface area contributed by atoms with Crippen LogP contribution in [0.4, 0.5) is 4.79 Å². The quantitative estimate of drug-likeness (QED) is 0.730. The molecule has 14 heavy (non-hydrogen) atoms. The molecule has 3 nitrogen and oxygen atoms in total. The average molecular weight is 215 g/mol. The Bertz CT molecular complexity index is 227. The van der Waals surface area contributed by atoms with Gasteiger partial charge in [0.1, 0.15) is 11.6 Å². The topological polar surface area (TPSA) is 38.3 Å². The van der Waals surface area contributed by atoms with E-state index >= 15 is 0 Å². The molecule has 0 aliphatic heterocycles. The maximum Gasteiger partial charge on any atom is 0.408 e. The Morgan fingerprint density at radius 1 is 1.64 bits per heavy atom. The number of alkyl carbamates (subject to hydrolysis) is 1. The first-order valence-corrected chi connectivity index (χ1v) is 5.73. The van der Waals surface area contributed by atoms with Crippen LogP contribution in [0.3, 0.4) is 0 Å². The van der Waals surface area contributed by atoms with Crippen LogP contribution in [0, 0.1) is 12.3 Å². The standard InChI is InChI=1S/C10H17NO2S/c1-6-8(7-14-5)11-9(12)13-10(2,3)4/h1,8H,7H2,2-5H3,(H,11,12). The van der Waals surface area contributed by atoms with Crippen molar-refractivity contribution in [3.05, 3.63) is 0 Å². The number of ether oxygens (including phenoxy) is 1. The highest BCUT2D eigenvalue weighted by Gasteiger charge is 2.17. The van der Waals surface area contributed by atoms with Gasteiger partial charge in [-0.25, -0.2) is 4.79 Å². The van der Waals surface area contributed by atoms with Crippen molar-refractivity contribution in [2.75, 3.05) is 12.0 Å². The monoisotopic (exact) mass is 215 g/mol. The van der Waals surface area contributed by atoms with Crippen LogP contribution in [0.15, 0.2) is 0 Å². The highest BCUT2D eigenvalue weighted by molar-refractivity contribution is 7.98. The van der Waals surface area contributed by atoms with Gasteiger partial charge in [-0.2, -0.15) is 11.8 Å². The molecule has 4 heteroatoms. The zero-order valence-corrected chi connectivity index (χ0v) is 9.90. The predicted octanol–water partition coefficient (Wildman–Crippen LogP) is 1.88. The molecule has 1 amide bonds. The van der Waals surface area contributed by atoms with Gasteiger partial charge < -0.3 is 10.1 Å². The molecular formula is C10H17NO2S. The third kappa shape index (κ3) is 6.67. The number of carbonyl (C=O) groups excluding carboxylic acids is 1. The van der Waals surface area contributed by atoms with E-state index in [9.17, 15) is 4.79 Å². The predicted molar refractivity (Wildman–Crippen MR) is 60.4 cm³/mol. The molecule has 80 valence electrons. The van der Waals surface area contributed by atoms with Crippen molar-refractivity contribution in [1.29, 1.82) is 0 Å². The van der Waals surface area contributed by atoms with Gasteiger partial charge in [0.2, 0.25) is 0 Å². The molecule has 1 unspecified atom stereocenters. The summed E-state index contributed by atoms with van der Waals surface area (Å²) in [7, 11) is 0. The summed E-state index contributed by atoms with van der Waals surface area (Å²) in [5, 5.41) is 2.61. The summed E-state index contributed by atoms with van der Waals surface area (Å²) in [6, 6.07) is -0.264. The smallest absolute Gasteiger partial charge is 0.408 e. The second-order valence-corrected chi connectivity index (χ2v) is 4.73. The van der Waals surface area contributed by atoms with E-state index in [2.05, 4.69) is 11.2 Å². The molecule has 0 aliphatic rings. The van der Waals surface area contributed by atoms with Gasteiger partial charge in [0.25, 0.3) is 0 Å². The number of hydrogen-bond acceptors (Lipinski definition) is 3. The zero-order valence-electron chi connectivity index (χ0n) is 9.09. The summed E-state index contributed by atoms with van der Waals surface area (Å²) in [5.74, 6) is 3.18. The lowest BCUT2D eigenvalue weighted by atomic mass is 10.2. The number of rotatable bonds is 3. The molecule has 0 saturated heterocycles. The van der Waals surface area contributed by atoms with Crippen molar-refractivity contribution < 1.29 is 9.53 Å². The van der Waals surface area contributed by atoms with Crippen LogP contribution < -0.4 is 5.32 Å². The summed E-state index contributed by atoms with van der Waals surface area (Å²) < 4.78 is 5.06. The maximum absolute atomic E-state index is 11.3. The fourth-order valence-electron chi connectivity index (χ4n) is 0.748. The number of amides is 1. The second kappa shape index (κ2) is 5.82. The molecule has 0 aromatic heterocycles. The lowest BCUT2D eigenvalue weighted by molar-refractivity contribution is 0.0520. The lowest BCUT2D eigenvalue weighted by Crippen LogP contribution is -2.39. The van der Waals surface area contributed by atoms with Crippen LogP contribution in [0.2, 0.25) is 0 Å². The maximum atomic E-state index is 11.3. The van der Waals surface area contributed by atoms with Crippen molar-refractivity contribution in [3.8, 4) is 12.3 Å². The third-order valence-electron chi connectivity index (χ3n) is 1.23. The van der Waals surface area contributed by atoms with Gasteiger partial charge >= 0.3 is 6.09 Å². The minimum Gasteiger partial charge on any atom is -0.444 e. The summed E-state index contributed by atoms with van der Waals surface area (Å²) >= 11 is 1.58. The molecule has 0 rings (SSSR count). The van der Waals surface area contributed by atoms with E-state index in [-0.39, 0.29) is 6.04 Å². The van der Waals surface area contributed by atoms with Gasteiger partial charge in [-0.05, 0) is 27.0 Å². The Morgan fingerprint density at radius 3 is 2.57 bits per heavy atom. The van der Waals surface area contributed by atoms with E-state index in [4.69, 9.17) is 11.2 Å². The highest BCUT2D eigenvalue weighted by Crippen LogP contribution is 2.07. The summed E-state index contributed by atoms with van der Waals surface area (Å²) in [6.45, 7) is 5.43. The summed E-state index contributed by atoms with van der Waals surface area (Å²) in [5.41, 5.74) is -0.484. The molecule has 1 N–H and O–H groups in total. The minimum atomic E-state index is -0.484. The SMILES string of the molecule is C#CC(CSC)NC(=O)OC(C)(C)C. The number of thioether (sulfide) groups is 1. The first kappa shape index (κ1) is 13.2. The molecule has 0 saturated carbocycles. The minimum absolute atomic E-state index is 0.264. The van der Waals surface area contributed by atoms with Crippen molar-refractivity contribution in [2.24, 2.45) is 0 Å². The Balaban J connectivity index is 3.99. The molecule has 0 fully saturated rings. The Hall–Kier alpha value is -0.820. The molecule has 0 radical (unpaired) electrons. The average Bonchev–Trinajstić information content (AvgIpc) is 2.00. The summed E-state index contributed by atoms with van der Waals surface area (Å²) in [4.78, 5) is 11.3. The second-order valence-electron chi connectivity index (χ2n) is 3.82. The van der Waals surface area contributed by atoms with Crippen LogP contribution >= 0.6 is 11.8 Å². The molecule has 0 aromatic rings. The molecule has 0 heterocycles. The largest absolute Gasteiger partial charge is 0.444 e. The first-order valence-electron chi connectivity index (χ1n) is 4.33. The molecular weight excluding hydrogens is 198 g/mol. The number of terminal acetylenes is 1. The number of nitrogens with one attached hydrogen (secondary N) is 1. The van der Waals surface area contributed by atoms with E-state index in [0.717, 1.165) is 0 Å². The van der Waals surface area contributed by atoms with Gasteiger partial charge in [0.05, 0.1) is 0 Å². The fourth-order valence-corrected chi connectivity index (χ4v) is 1.26. The Labute approximate surface area is 90.0 Å². The van der Waals surface area contributed by atoms with Crippen molar-refractivity contribution >= 4 is 17.9 Å². The van der Waals surface area contributed by atoms with Crippen LogP contribution in [0.25, 0.3) is 0 Å². The molecule has 1 atom stereocenters. The van der Waals surface area contributed by atoms with E-state index in [1.807, 2.05) is 27.0 Å². The molecule has 0 spiro atoms. The van der Waals surface area contributed by atoms with Gasteiger partial charge in [0, 0.05) is 5.75 Å². The number of carbonyl (C=O) groups is 1. The van der Waals surface area contributed by atoms with Crippen LogP contribution in [0.1, 0.15) is 20.8 Å². The van der Waals surface area contributed by atoms with Crippen molar-refractivity contribution in [3.63, 3.8) is 0 Å². The normalized spacial score (nSPS) is 12.8. The molecule has 0 aliphatic carbocycles. The van der Waals surface area contributed by atoms with Gasteiger partial charge in [0.15, 0.2) is 0 Å². The highest BCUT2D eigenvalue weighted by atomic mass is 32.2. The first-order chi connectivity index (χ1) is 6.39. The van der Waals surface area contributed by atoms with Gasteiger partial charge in [-0.3, -0.25) is 0 Å². The van der Waals surface area contributed by atoms with Crippen LogP contribution in [0.5, 0.6) is 0 Å². The molecule has 0 aromatic carbocycles. The van der Waals surface area contributed by atoms with E-state index in [1.165, 1.54) is 0 Å².